The van der Waals surface area contributed by atoms with E-state index in [1.54, 1.807) is 16.8 Å². The minimum absolute atomic E-state index is 0.0717. The van der Waals surface area contributed by atoms with E-state index in [0.717, 1.165) is 5.69 Å². The fraction of sp³-hybridized carbons (Fsp3) is 0.261. The topological polar surface area (TPSA) is 106 Å². The van der Waals surface area contributed by atoms with Crippen LogP contribution in [-0.4, -0.2) is 28.8 Å². The summed E-state index contributed by atoms with van der Waals surface area (Å²) < 4.78 is 19.9. The highest BCUT2D eigenvalue weighted by Gasteiger charge is 2.16. The Bertz CT molecular complexity index is 1040. The highest BCUT2D eigenvalue weighted by Crippen LogP contribution is 2.21. The number of amides is 1. The van der Waals surface area contributed by atoms with Crippen LogP contribution in [0.25, 0.3) is 5.69 Å². The number of carbonyl (C=O) groups excluding carboxylic acids is 1. The van der Waals surface area contributed by atoms with E-state index in [9.17, 15) is 14.4 Å². The molecule has 0 aliphatic heterocycles. The largest absolute Gasteiger partial charge is 0.494 e. The third-order valence-electron chi connectivity index (χ3n) is 4.65. The predicted octanol–water partition coefficient (Wildman–Crippen LogP) is 3.37. The van der Waals surface area contributed by atoms with E-state index >= 15 is 0 Å². The lowest BCUT2D eigenvalue weighted by atomic mass is 10.1. The number of hydrogen-bond acceptors (Lipinski definition) is 5. The molecule has 0 saturated carbocycles. The second kappa shape index (κ2) is 10.8. The van der Waals surface area contributed by atoms with E-state index in [1.165, 1.54) is 12.1 Å². The molecular formula is C23H24FN5O2. The number of para-hydroxylation sites is 1. The van der Waals surface area contributed by atoms with Crippen LogP contribution < -0.4 is 15.8 Å². The van der Waals surface area contributed by atoms with Crippen LogP contribution in [-0.2, 0) is 11.2 Å². The van der Waals surface area contributed by atoms with Crippen LogP contribution in [0.4, 0.5) is 10.2 Å². The van der Waals surface area contributed by atoms with Gasteiger partial charge >= 0.3 is 0 Å². The lowest BCUT2D eigenvalue weighted by molar-refractivity contribution is -0.121. The van der Waals surface area contributed by atoms with Crippen molar-refractivity contribution in [2.24, 2.45) is 0 Å². The standard InChI is InChI=1S/C23H24FN5O2/c24-17-10-12-19(13-11-17)31-15-5-9-22(30)27-14-4-8-21-20(16-25)23(26)29(28-21)18-6-2-1-3-7-18/h1-3,6-7,10-13H,4-5,8-9,14-15,26H2,(H,27,30). The summed E-state index contributed by atoms with van der Waals surface area (Å²) in [6.07, 6.45) is 2.05. The van der Waals surface area contributed by atoms with Gasteiger partial charge in [0.05, 0.1) is 18.0 Å². The molecule has 31 heavy (non-hydrogen) atoms. The molecule has 8 heteroatoms. The van der Waals surface area contributed by atoms with Crippen LogP contribution in [0.1, 0.15) is 30.5 Å². The number of halogens is 1. The maximum atomic E-state index is 12.8. The number of aromatic nitrogens is 2. The van der Waals surface area contributed by atoms with E-state index in [-0.39, 0.29) is 11.7 Å². The average Bonchev–Trinajstić information content (AvgIpc) is 3.11. The fourth-order valence-electron chi connectivity index (χ4n) is 3.07. The molecule has 160 valence electrons. The number of carbonyl (C=O) groups is 1. The van der Waals surface area contributed by atoms with Gasteiger partial charge in [-0.1, -0.05) is 18.2 Å². The van der Waals surface area contributed by atoms with Gasteiger partial charge in [0.2, 0.25) is 5.91 Å². The van der Waals surface area contributed by atoms with Crippen molar-refractivity contribution in [3.63, 3.8) is 0 Å². The van der Waals surface area contributed by atoms with Gasteiger partial charge in [0.1, 0.15) is 29.0 Å². The quantitative estimate of drug-likeness (QED) is 0.488. The van der Waals surface area contributed by atoms with Gasteiger partial charge < -0.3 is 15.8 Å². The summed E-state index contributed by atoms with van der Waals surface area (Å²) in [5, 5.41) is 16.8. The second-order valence-electron chi connectivity index (χ2n) is 6.93. The number of hydrogen-bond donors (Lipinski definition) is 2. The summed E-state index contributed by atoms with van der Waals surface area (Å²) in [6.45, 7) is 0.849. The highest BCUT2D eigenvalue weighted by molar-refractivity contribution is 5.75. The first-order valence-corrected chi connectivity index (χ1v) is 10.1. The molecule has 7 nitrogen and oxygen atoms in total. The Morgan fingerprint density at radius 2 is 1.90 bits per heavy atom. The van der Waals surface area contributed by atoms with Crippen molar-refractivity contribution in [2.75, 3.05) is 18.9 Å². The molecule has 1 amide bonds. The predicted molar refractivity (Wildman–Crippen MR) is 115 cm³/mol. The van der Waals surface area contributed by atoms with Gasteiger partial charge in [0, 0.05) is 13.0 Å². The van der Waals surface area contributed by atoms with Crippen LogP contribution in [0.15, 0.2) is 54.6 Å². The normalized spacial score (nSPS) is 10.5. The first kappa shape index (κ1) is 21.8. The first-order valence-electron chi connectivity index (χ1n) is 10.1. The van der Waals surface area contributed by atoms with Gasteiger partial charge in [0.15, 0.2) is 0 Å². The molecule has 3 rings (SSSR count). The molecule has 1 aromatic heterocycles. The van der Waals surface area contributed by atoms with Crippen molar-refractivity contribution in [3.8, 4) is 17.5 Å². The zero-order valence-electron chi connectivity index (χ0n) is 17.1. The zero-order valence-corrected chi connectivity index (χ0v) is 17.1. The number of rotatable bonds is 10. The van der Waals surface area contributed by atoms with Crippen LogP contribution in [0.2, 0.25) is 0 Å². The number of nitriles is 1. The van der Waals surface area contributed by atoms with Gasteiger partial charge in [0.25, 0.3) is 0 Å². The SMILES string of the molecule is N#Cc1c(CCCNC(=O)CCCOc2ccc(F)cc2)nn(-c2ccccc2)c1N. The van der Waals surface area contributed by atoms with Crippen molar-refractivity contribution in [3.05, 3.63) is 71.7 Å². The third kappa shape index (κ3) is 6.06. The molecular weight excluding hydrogens is 397 g/mol. The molecule has 0 unspecified atom stereocenters. The number of aryl methyl sites for hydroxylation is 1. The fourth-order valence-corrected chi connectivity index (χ4v) is 3.07. The first-order chi connectivity index (χ1) is 15.1. The maximum Gasteiger partial charge on any atom is 0.220 e. The van der Waals surface area contributed by atoms with E-state index in [4.69, 9.17) is 10.5 Å². The monoisotopic (exact) mass is 421 g/mol. The Morgan fingerprint density at radius 3 is 2.61 bits per heavy atom. The molecule has 0 spiro atoms. The summed E-state index contributed by atoms with van der Waals surface area (Å²) in [5.41, 5.74) is 7.87. The minimum Gasteiger partial charge on any atom is -0.494 e. The molecule has 0 bridgehead atoms. The Balaban J connectivity index is 1.40. The molecule has 0 saturated heterocycles. The molecule has 0 fully saturated rings. The van der Waals surface area contributed by atoms with Gasteiger partial charge in [-0.2, -0.15) is 10.4 Å². The van der Waals surface area contributed by atoms with Crippen molar-refractivity contribution in [2.45, 2.75) is 25.7 Å². The molecule has 0 radical (unpaired) electrons. The number of nitrogens with one attached hydrogen (secondary N) is 1. The lowest BCUT2D eigenvalue weighted by Crippen LogP contribution is -2.25. The number of benzene rings is 2. The zero-order chi connectivity index (χ0) is 22.1. The van der Waals surface area contributed by atoms with Crippen LogP contribution >= 0.6 is 0 Å². The summed E-state index contributed by atoms with van der Waals surface area (Å²) in [4.78, 5) is 12.0. The van der Waals surface area contributed by atoms with Crippen LogP contribution in [0.3, 0.4) is 0 Å². The number of ether oxygens (including phenoxy) is 1. The number of anilines is 1. The lowest BCUT2D eigenvalue weighted by Gasteiger charge is -2.07. The molecule has 2 aromatic carbocycles. The summed E-state index contributed by atoms with van der Waals surface area (Å²) >= 11 is 0. The Hall–Kier alpha value is -3.86. The van der Waals surface area contributed by atoms with Crippen LogP contribution in [0, 0.1) is 17.1 Å². The second-order valence-corrected chi connectivity index (χ2v) is 6.93. The molecule has 1 heterocycles. The minimum atomic E-state index is -0.317. The van der Waals surface area contributed by atoms with Gasteiger partial charge in [-0.05, 0) is 55.7 Å². The number of nitrogens with two attached hydrogens (primary N) is 1. The van der Waals surface area contributed by atoms with Gasteiger partial charge in [-0.3, -0.25) is 4.79 Å². The smallest absolute Gasteiger partial charge is 0.220 e. The molecule has 0 aliphatic carbocycles. The molecule has 3 aromatic rings. The van der Waals surface area contributed by atoms with E-state index in [0.29, 0.717) is 61.7 Å². The van der Waals surface area contributed by atoms with E-state index < -0.39 is 0 Å². The highest BCUT2D eigenvalue weighted by atomic mass is 19.1. The van der Waals surface area contributed by atoms with E-state index in [1.807, 2.05) is 30.3 Å². The van der Waals surface area contributed by atoms with Crippen molar-refractivity contribution in [1.29, 1.82) is 5.26 Å². The van der Waals surface area contributed by atoms with Gasteiger partial charge in [-0.25, -0.2) is 9.07 Å². The summed E-state index contributed by atoms with van der Waals surface area (Å²) in [7, 11) is 0. The van der Waals surface area contributed by atoms with E-state index in [2.05, 4.69) is 16.5 Å². The summed E-state index contributed by atoms with van der Waals surface area (Å²) in [5.74, 6) is 0.499. The third-order valence-corrected chi connectivity index (χ3v) is 4.65. The van der Waals surface area contributed by atoms with Crippen molar-refractivity contribution in [1.82, 2.24) is 15.1 Å². The van der Waals surface area contributed by atoms with Crippen molar-refractivity contribution >= 4 is 11.7 Å². The molecule has 3 N–H and O–H groups in total. The average molecular weight is 421 g/mol. The molecule has 0 aliphatic rings. The van der Waals surface area contributed by atoms with Crippen LogP contribution in [0.5, 0.6) is 5.75 Å². The van der Waals surface area contributed by atoms with Gasteiger partial charge in [-0.15, -0.1) is 0 Å². The summed E-state index contributed by atoms with van der Waals surface area (Å²) in [6, 6.07) is 17.3. The number of nitrogens with zero attached hydrogens (tertiary/aromatic N) is 3. The van der Waals surface area contributed by atoms with Crippen molar-refractivity contribution < 1.29 is 13.9 Å². The Labute approximate surface area is 180 Å². The number of nitrogen functional groups attached to an aromatic ring is 1. The molecule has 0 atom stereocenters. The Kier molecular flexibility index (Phi) is 7.60. The maximum absolute atomic E-state index is 12.8. The Morgan fingerprint density at radius 1 is 1.16 bits per heavy atom.